The normalized spacial score (nSPS) is 15.8. The van der Waals surface area contributed by atoms with E-state index in [1.54, 1.807) is 0 Å². The van der Waals surface area contributed by atoms with E-state index in [1.165, 1.54) is 64.7 Å². The first-order valence-electron chi connectivity index (χ1n) is 10.7. The Labute approximate surface area is 173 Å². The first-order chi connectivity index (χ1) is 14.2. The second-order valence-electron chi connectivity index (χ2n) is 8.32. The Kier molecular flexibility index (Phi) is 4.73. The van der Waals surface area contributed by atoms with Crippen LogP contribution in [-0.2, 0) is 7.05 Å². The number of hydrogen-bond acceptors (Lipinski definition) is 1. The number of nitrogens with zero attached hydrogens (tertiary/aromatic N) is 2. The summed E-state index contributed by atoms with van der Waals surface area (Å²) in [6.07, 6.45) is 4.80. The molecule has 0 spiro atoms. The first kappa shape index (κ1) is 18.2. The molecule has 2 heterocycles. The molecule has 0 amide bonds. The summed E-state index contributed by atoms with van der Waals surface area (Å²) in [6, 6.07) is 27.5. The number of aromatic nitrogens is 1. The molecule has 1 aliphatic rings. The van der Waals surface area contributed by atoms with Gasteiger partial charge in [0.2, 0.25) is 0 Å². The summed E-state index contributed by atoms with van der Waals surface area (Å²) in [7, 11) is 2.09. The molecule has 1 saturated heterocycles. The van der Waals surface area contributed by atoms with Gasteiger partial charge in [0.05, 0.1) is 0 Å². The van der Waals surface area contributed by atoms with E-state index >= 15 is 0 Å². The van der Waals surface area contributed by atoms with Crippen LogP contribution in [0.5, 0.6) is 0 Å². The fourth-order valence-corrected chi connectivity index (χ4v) is 4.61. The van der Waals surface area contributed by atoms with Gasteiger partial charge >= 0.3 is 0 Å². The van der Waals surface area contributed by atoms with Crippen molar-refractivity contribution in [1.29, 1.82) is 0 Å². The molecule has 0 bridgehead atoms. The third kappa shape index (κ3) is 3.49. The molecule has 4 aromatic rings. The molecule has 0 aliphatic carbocycles. The fourth-order valence-electron chi connectivity index (χ4n) is 4.61. The zero-order chi connectivity index (χ0) is 19.8. The number of rotatable bonds is 4. The number of benzene rings is 3. The quantitative estimate of drug-likeness (QED) is 0.384. The molecule has 1 aliphatic heterocycles. The van der Waals surface area contributed by atoms with Gasteiger partial charge in [-0.3, -0.25) is 4.90 Å². The summed E-state index contributed by atoms with van der Waals surface area (Å²) in [5.74, 6) is 0. The highest BCUT2D eigenvalue weighted by Crippen LogP contribution is 2.30. The largest absolute Gasteiger partial charge is 0.351 e. The summed E-state index contributed by atoms with van der Waals surface area (Å²) >= 11 is 0. The fraction of sp³-hybridized carbons (Fsp3) is 0.259. The smallest absolute Gasteiger partial charge is 0.0478 e. The average molecular weight is 381 g/mol. The van der Waals surface area contributed by atoms with E-state index in [-0.39, 0.29) is 0 Å². The van der Waals surface area contributed by atoms with E-state index in [1.807, 2.05) is 0 Å². The summed E-state index contributed by atoms with van der Waals surface area (Å²) in [4.78, 5) is 2.59. The van der Waals surface area contributed by atoms with Gasteiger partial charge in [-0.05, 0) is 78.9 Å². The molecule has 0 N–H and O–H groups in total. The Morgan fingerprint density at radius 3 is 1.90 bits per heavy atom. The van der Waals surface area contributed by atoms with Crippen molar-refractivity contribution in [3.63, 3.8) is 0 Å². The zero-order valence-electron chi connectivity index (χ0n) is 17.3. The van der Waals surface area contributed by atoms with Crippen LogP contribution in [-0.4, -0.2) is 22.6 Å². The molecule has 3 aromatic carbocycles. The van der Waals surface area contributed by atoms with Crippen molar-refractivity contribution in [2.75, 3.05) is 13.1 Å². The van der Waals surface area contributed by atoms with Crippen LogP contribution in [0.15, 0.2) is 79.0 Å². The highest BCUT2D eigenvalue weighted by Gasteiger charge is 2.19. The van der Waals surface area contributed by atoms with Crippen LogP contribution in [0.1, 0.15) is 31.4 Å². The van der Waals surface area contributed by atoms with Crippen LogP contribution in [0.25, 0.3) is 33.2 Å². The van der Waals surface area contributed by atoms with Crippen LogP contribution in [0, 0.1) is 0 Å². The van der Waals surface area contributed by atoms with Crippen LogP contribution < -0.4 is 0 Å². The zero-order valence-corrected chi connectivity index (χ0v) is 17.3. The van der Waals surface area contributed by atoms with Gasteiger partial charge in [-0.15, -0.1) is 0 Å². The molecule has 29 heavy (non-hydrogen) atoms. The van der Waals surface area contributed by atoms with Crippen LogP contribution in [0.2, 0.25) is 0 Å². The van der Waals surface area contributed by atoms with Crippen LogP contribution >= 0.6 is 0 Å². The Bertz CT molecular complexity index is 1110. The molecular formula is C27H28N2. The Morgan fingerprint density at radius 1 is 0.690 bits per heavy atom. The van der Waals surface area contributed by atoms with Gasteiger partial charge in [-0.1, -0.05) is 54.6 Å². The molecule has 146 valence electrons. The van der Waals surface area contributed by atoms with Crippen molar-refractivity contribution in [1.82, 2.24) is 9.47 Å². The third-order valence-electron chi connectivity index (χ3n) is 6.52. The lowest BCUT2D eigenvalue weighted by molar-refractivity contribution is 0.263. The third-order valence-corrected chi connectivity index (χ3v) is 6.52. The van der Waals surface area contributed by atoms with Gasteiger partial charge in [0, 0.05) is 30.2 Å². The summed E-state index contributed by atoms with van der Waals surface area (Å²) in [5.41, 5.74) is 7.78. The van der Waals surface area contributed by atoms with Gasteiger partial charge in [0.25, 0.3) is 0 Å². The van der Waals surface area contributed by atoms with Gasteiger partial charge in [0.1, 0.15) is 0 Å². The molecule has 2 heteroatoms. The topological polar surface area (TPSA) is 8.17 Å². The van der Waals surface area contributed by atoms with E-state index < -0.39 is 0 Å². The highest BCUT2D eigenvalue weighted by atomic mass is 15.2. The second-order valence-corrected chi connectivity index (χ2v) is 8.32. The number of likely N-dealkylation sites (tertiary alicyclic amines) is 1. The lowest BCUT2D eigenvalue weighted by Crippen LogP contribution is -2.23. The van der Waals surface area contributed by atoms with Gasteiger partial charge in [0.15, 0.2) is 0 Å². The number of aryl methyl sites for hydroxylation is 1. The molecule has 0 saturated carbocycles. The van der Waals surface area contributed by atoms with Gasteiger partial charge < -0.3 is 4.57 Å². The minimum Gasteiger partial charge on any atom is -0.351 e. The summed E-state index contributed by atoms with van der Waals surface area (Å²) in [6.45, 7) is 4.80. The molecule has 1 atom stereocenters. The maximum Gasteiger partial charge on any atom is 0.0478 e. The molecule has 2 nitrogen and oxygen atoms in total. The van der Waals surface area contributed by atoms with Crippen LogP contribution in [0.3, 0.4) is 0 Å². The minimum atomic E-state index is 0.516. The average Bonchev–Trinajstić information content (AvgIpc) is 3.44. The molecule has 1 unspecified atom stereocenters. The Morgan fingerprint density at radius 2 is 1.24 bits per heavy atom. The highest BCUT2D eigenvalue weighted by molar-refractivity contribution is 5.86. The van der Waals surface area contributed by atoms with Crippen molar-refractivity contribution in [2.24, 2.45) is 7.05 Å². The predicted molar refractivity (Wildman–Crippen MR) is 123 cm³/mol. The Hall–Kier alpha value is -2.84. The van der Waals surface area contributed by atoms with E-state index in [4.69, 9.17) is 0 Å². The van der Waals surface area contributed by atoms with Crippen molar-refractivity contribution >= 4 is 10.9 Å². The second kappa shape index (κ2) is 7.53. The monoisotopic (exact) mass is 380 g/mol. The maximum absolute atomic E-state index is 2.59. The van der Waals surface area contributed by atoms with Crippen LogP contribution in [0.4, 0.5) is 0 Å². The molecule has 1 fully saturated rings. The predicted octanol–water partition coefficient (Wildman–Crippen LogP) is 6.67. The van der Waals surface area contributed by atoms with Crippen molar-refractivity contribution < 1.29 is 0 Å². The maximum atomic E-state index is 2.59. The molecule has 5 rings (SSSR count). The van der Waals surface area contributed by atoms with Crippen molar-refractivity contribution in [3.05, 3.63) is 84.6 Å². The van der Waals surface area contributed by atoms with E-state index in [0.717, 1.165) is 0 Å². The minimum absolute atomic E-state index is 0.516. The van der Waals surface area contributed by atoms with E-state index in [9.17, 15) is 0 Å². The standard InChI is InChI=1S/C27H28N2/c1-20(29-16-3-4-17-29)21-5-7-22(8-6-21)23-9-11-24(12-10-23)25-13-14-27-26(19-25)15-18-28(27)2/h5-15,18-20H,3-4,16-17H2,1-2H3. The van der Waals surface area contributed by atoms with Gasteiger partial charge in [-0.2, -0.15) is 0 Å². The number of fused-ring (bicyclic) bond motifs is 1. The van der Waals surface area contributed by atoms with Gasteiger partial charge in [-0.25, -0.2) is 0 Å². The lowest BCUT2D eigenvalue weighted by atomic mass is 9.98. The molecule has 1 aromatic heterocycles. The number of hydrogen-bond donors (Lipinski definition) is 0. The van der Waals surface area contributed by atoms with Crippen molar-refractivity contribution in [2.45, 2.75) is 25.8 Å². The van der Waals surface area contributed by atoms with E-state index in [0.29, 0.717) is 6.04 Å². The molecule has 0 radical (unpaired) electrons. The lowest BCUT2D eigenvalue weighted by Gasteiger charge is -2.24. The van der Waals surface area contributed by atoms with Crippen molar-refractivity contribution in [3.8, 4) is 22.3 Å². The summed E-state index contributed by atoms with van der Waals surface area (Å²) < 4.78 is 2.16. The Balaban J connectivity index is 1.36. The molecular weight excluding hydrogens is 352 g/mol. The summed E-state index contributed by atoms with van der Waals surface area (Å²) in [5, 5.41) is 1.29. The first-order valence-corrected chi connectivity index (χ1v) is 10.7. The van der Waals surface area contributed by atoms with E-state index in [2.05, 4.69) is 102 Å². The SMILES string of the molecule is CC(c1ccc(-c2ccc(-c3ccc4c(ccn4C)c3)cc2)cc1)N1CCCC1.